The van der Waals surface area contributed by atoms with Gasteiger partial charge in [-0.15, -0.1) is 23.7 Å². The first-order chi connectivity index (χ1) is 12.7. The summed E-state index contributed by atoms with van der Waals surface area (Å²) < 4.78 is 24.8. The van der Waals surface area contributed by atoms with Crippen LogP contribution in [-0.4, -0.2) is 45.1 Å². The molecular weight excluding hydrogens is 418 g/mol. The molecule has 1 aliphatic rings. The molecule has 2 heterocycles. The van der Waals surface area contributed by atoms with Crippen LogP contribution in [0.5, 0.6) is 0 Å². The Hall–Kier alpha value is -1.61. The van der Waals surface area contributed by atoms with Crippen LogP contribution in [0.15, 0.2) is 35.7 Å². The molecule has 1 amide bonds. The molecule has 154 valence electrons. The third kappa shape index (κ3) is 5.47. The molecule has 6 nitrogen and oxygen atoms in total. The zero-order valence-electron chi connectivity index (χ0n) is 16.1. The standard InChI is InChI=1S/C19H25N3O3S2.ClH/c1-13-12-22(14(2)18-17(13)8-11-26-18)10-9-20-19(23)15-4-6-16(7-5-15)21-27(3,24)25;/h4-8,11,13-14,21H,9-10,12H2,1-3H3,(H,20,23);1H. The van der Waals surface area contributed by atoms with Gasteiger partial charge in [0, 0.05) is 41.8 Å². The maximum atomic E-state index is 12.3. The second kappa shape index (κ2) is 9.26. The van der Waals surface area contributed by atoms with Crippen LogP contribution in [0.25, 0.3) is 0 Å². The zero-order valence-corrected chi connectivity index (χ0v) is 18.6. The van der Waals surface area contributed by atoms with Gasteiger partial charge in [0.1, 0.15) is 0 Å². The fourth-order valence-electron chi connectivity index (χ4n) is 3.46. The minimum Gasteiger partial charge on any atom is -0.351 e. The number of hydrogen-bond acceptors (Lipinski definition) is 5. The zero-order chi connectivity index (χ0) is 19.6. The molecule has 0 fully saturated rings. The average Bonchev–Trinajstić information content (AvgIpc) is 3.09. The largest absolute Gasteiger partial charge is 0.351 e. The summed E-state index contributed by atoms with van der Waals surface area (Å²) in [6.45, 7) is 6.82. The number of fused-ring (bicyclic) bond motifs is 1. The van der Waals surface area contributed by atoms with Crippen LogP contribution >= 0.6 is 23.7 Å². The third-order valence-corrected chi connectivity index (χ3v) is 6.54. The van der Waals surface area contributed by atoms with E-state index in [1.165, 1.54) is 10.4 Å². The van der Waals surface area contributed by atoms with Gasteiger partial charge >= 0.3 is 0 Å². The molecule has 2 aromatic rings. The van der Waals surface area contributed by atoms with E-state index in [-0.39, 0.29) is 18.3 Å². The molecule has 2 unspecified atom stereocenters. The summed E-state index contributed by atoms with van der Waals surface area (Å²) in [5.41, 5.74) is 2.40. The molecule has 1 aliphatic heterocycles. The first-order valence-corrected chi connectivity index (χ1v) is 11.7. The lowest BCUT2D eigenvalue weighted by Crippen LogP contribution is -2.40. The van der Waals surface area contributed by atoms with E-state index >= 15 is 0 Å². The molecular formula is C19H26ClN3O3S2. The molecule has 0 bridgehead atoms. The number of amides is 1. The van der Waals surface area contributed by atoms with Crippen molar-refractivity contribution in [1.82, 2.24) is 10.2 Å². The number of benzene rings is 1. The number of halogens is 1. The summed E-state index contributed by atoms with van der Waals surface area (Å²) in [5, 5.41) is 5.11. The van der Waals surface area contributed by atoms with Crippen LogP contribution in [0.2, 0.25) is 0 Å². The molecule has 28 heavy (non-hydrogen) atoms. The number of hydrogen-bond donors (Lipinski definition) is 2. The topological polar surface area (TPSA) is 78.5 Å². The van der Waals surface area contributed by atoms with E-state index in [0.29, 0.717) is 29.8 Å². The van der Waals surface area contributed by atoms with Crippen molar-refractivity contribution in [3.8, 4) is 0 Å². The maximum absolute atomic E-state index is 12.3. The van der Waals surface area contributed by atoms with Crippen LogP contribution in [0.3, 0.4) is 0 Å². The molecule has 0 saturated carbocycles. The first-order valence-electron chi connectivity index (χ1n) is 8.92. The van der Waals surface area contributed by atoms with E-state index in [2.05, 4.69) is 40.2 Å². The van der Waals surface area contributed by atoms with Crippen LogP contribution in [-0.2, 0) is 10.0 Å². The quantitative estimate of drug-likeness (QED) is 0.716. The van der Waals surface area contributed by atoms with Crippen molar-refractivity contribution in [3.05, 3.63) is 51.7 Å². The summed E-state index contributed by atoms with van der Waals surface area (Å²) >= 11 is 1.80. The lowest BCUT2D eigenvalue weighted by atomic mass is 9.93. The number of rotatable bonds is 6. The number of thiophene rings is 1. The van der Waals surface area contributed by atoms with Crippen molar-refractivity contribution < 1.29 is 13.2 Å². The predicted octanol–water partition coefficient (Wildman–Crippen LogP) is 3.45. The molecule has 2 atom stereocenters. The Morgan fingerprint density at radius 2 is 1.89 bits per heavy atom. The van der Waals surface area contributed by atoms with Crippen LogP contribution in [0.1, 0.15) is 46.6 Å². The van der Waals surface area contributed by atoms with Crippen molar-refractivity contribution in [1.29, 1.82) is 0 Å². The Kier molecular flexibility index (Phi) is 7.50. The highest BCUT2D eigenvalue weighted by Crippen LogP contribution is 2.38. The number of anilines is 1. The first kappa shape index (κ1) is 22.7. The van der Waals surface area contributed by atoms with Gasteiger partial charge in [0.25, 0.3) is 5.91 Å². The van der Waals surface area contributed by atoms with Crippen molar-refractivity contribution in [2.24, 2.45) is 0 Å². The molecule has 2 N–H and O–H groups in total. The second-order valence-electron chi connectivity index (χ2n) is 7.02. The van der Waals surface area contributed by atoms with Crippen LogP contribution in [0, 0.1) is 0 Å². The summed E-state index contributed by atoms with van der Waals surface area (Å²) in [6.07, 6.45) is 1.09. The molecule has 3 rings (SSSR count). The van der Waals surface area contributed by atoms with E-state index < -0.39 is 10.0 Å². The normalized spacial score (nSPS) is 19.4. The molecule has 0 spiro atoms. The van der Waals surface area contributed by atoms with Crippen molar-refractivity contribution in [2.75, 3.05) is 30.6 Å². The summed E-state index contributed by atoms with van der Waals surface area (Å²) in [6, 6.07) is 9.00. The molecule has 0 saturated heterocycles. The highest BCUT2D eigenvalue weighted by atomic mass is 35.5. The Balaban J connectivity index is 0.00000280. The fraction of sp³-hybridized carbons (Fsp3) is 0.421. The summed E-state index contributed by atoms with van der Waals surface area (Å²) in [5.74, 6) is 0.350. The van der Waals surface area contributed by atoms with Gasteiger partial charge in [-0.2, -0.15) is 0 Å². The van der Waals surface area contributed by atoms with Crippen molar-refractivity contribution in [3.63, 3.8) is 0 Å². The van der Waals surface area contributed by atoms with E-state index in [9.17, 15) is 13.2 Å². The average molecular weight is 444 g/mol. The van der Waals surface area contributed by atoms with Gasteiger partial charge in [0.05, 0.1) is 6.26 Å². The number of carbonyl (C=O) groups excluding carboxylic acids is 1. The maximum Gasteiger partial charge on any atom is 0.251 e. The third-order valence-electron chi connectivity index (χ3n) is 4.83. The van der Waals surface area contributed by atoms with E-state index in [0.717, 1.165) is 19.3 Å². The van der Waals surface area contributed by atoms with E-state index in [1.54, 1.807) is 35.6 Å². The summed E-state index contributed by atoms with van der Waals surface area (Å²) in [4.78, 5) is 16.2. The number of sulfonamides is 1. The fourth-order valence-corrected chi connectivity index (χ4v) is 5.13. The Labute approximate surface area is 176 Å². The molecule has 9 heteroatoms. The van der Waals surface area contributed by atoms with Crippen molar-refractivity contribution >= 4 is 45.4 Å². The lowest BCUT2D eigenvalue weighted by Gasteiger charge is -2.36. The SMILES string of the molecule is CC1CN(CCNC(=O)c2ccc(NS(C)(=O)=O)cc2)C(C)c2sccc21.Cl. The molecule has 0 aliphatic carbocycles. The second-order valence-corrected chi connectivity index (χ2v) is 9.72. The number of nitrogens with zero attached hydrogens (tertiary/aromatic N) is 1. The number of nitrogens with one attached hydrogen (secondary N) is 2. The van der Waals surface area contributed by atoms with Gasteiger partial charge in [-0.05, 0) is 54.1 Å². The predicted molar refractivity (Wildman–Crippen MR) is 117 cm³/mol. The van der Waals surface area contributed by atoms with Gasteiger partial charge in [-0.3, -0.25) is 14.4 Å². The van der Waals surface area contributed by atoms with Crippen LogP contribution in [0.4, 0.5) is 5.69 Å². The van der Waals surface area contributed by atoms with E-state index in [4.69, 9.17) is 0 Å². The van der Waals surface area contributed by atoms with Gasteiger partial charge in [0.2, 0.25) is 10.0 Å². The monoisotopic (exact) mass is 443 g/mol. The highest BCUT2D eigenvalue weighted by Gasteiger charge is 2.28. The van der Waals surface area contributed by atoms with Gasteiger partial charge in [-0.25, -0.2) is 8.42 Å². The molecule has 1 aromatic carbocycles. The minimum absolute atomic E-state index is 0. The molecule has 0 radical (unpaired) electrons. The minimum atomic E-state index is -3.32. The van der Waals surface area contributed by atoms with Gasteiger partial charge in [-0.1, -0.05) is 6.92 Å². The Morgan fingerprint density at radius 1 is 1.21 bits per heavy atom. The van der Waals surface area contributed by atoms with Gasteiger partial charge in [0.15, 0.2) is 0 Å². The van der Waals surface area contributed by atoms with E-state index in [1.807, 2.05) is 0 Å². The molecule has 1 aromatic heterocycles. The Morgan fingerprint density at radius 3 is 2.54 bits per heavy atom. The van der Waals surface area contributed by atoms with Crippen molar-refractivity contribution in [2.45, 2.75) is 25.8 Å². The lowest BCUT2D eigenvalue weighted by molar-refractivity contribution is 0.0942. The van der Waals surface area contributed by atoms with Gasteiger partial charge < -0.3 is 5.32 Å². The van der Waals surface area contributed by atoms with Crippen LogP contribution < -0.4 is 10.0 Å². The smallest absolute Gasteiger partial charge is 0.251 e. The number of carbonyl (C=O) groups is 1. The summed E-state index contributed by atoms with van der Waals surface area (Å²) in [7, 11) is -3.32. The highest BCUT2D eigenvalue weighted by molar-refractivity contribution is 7.92. The Bertz CT molecular complexity index is 913.